The van der Waals surface area contributed by atoms with Gasteiger partial charge >= 0.3 is 5.97 Å². The molecule has 1 aromatic rings. The van der Waals surface area contributed by atoms with E-state index in [0.717, 1.165) is 4.31 Å². The van der Waals surface area contributed by atoms with Crippen LogP contribution in [0.2, 0.25) is 0 Å². The zero-order valence-corrected chi connectivity index (χ0v) is 14.0. The minimum absolute atomic E-state index is 0.0454. The molecular weight excluding hydrogens is 302 g/mol. The molecule has 0 saturated carbocycles. The molecule has 0 spiro atoms. The molecule has 1 atom stereocenters. The maximum atomic E-state index is 12.8. The van der Waals surface area contributed by atoms with Gasteiger partial charge in [0, 0.05) is 6.54 Å². The average molecular weight is 325 g/mol. The zero-order valence-electron chi connectivity index (χ0n) is 13.2. The van der Waals surface area contributed by atoms with E-state index in [9.17, 15) is 13.2 Å². The van der Waals surface area contributed by atoms with E-state index < -0.39 is 22.0 Å². The van der Waals surface area contributed by atoms with Crippen molar-refractivity contribution in [3.05, 3.63) is 43.0 Å². The molecule has 22 heavy (non-hydrogen) atoms. The molecule has 5 nitrogen and oxygen atoms in total. The lowest BCUT2D eigenvalue weighted by molar-refractivity contribution is -0.145. The maximum Gasteiger partial charge on any atom is 0.324 e. The summed E-state index contributed by atoms with van der Waals surface area (Å²) in [7, 11) is -2.54. The van der Waals surface area contributed by atoms with Gasteiger partial charge in [-0.25, -0.2) is 8.42 Å². The number of carbonyl (C=O) groups is 1. The SMILES string of the molecule is C=CCN([C@@H](CC(C)C)C(=O)OC)S(=O)(=O)c1ccccc1. The van der Waals surface area contributed by atoms with E-state index in [1.165, 1.54) is 25.3 Å². The van der Waals surface area contributed by atoms with Crippen LogP contribution in [0.4, 0.5) is 0 Å². The van der Waals surface area contributed by atoms with Crippen molar-refractivity contribution < 1.29 is 17.9 Å². The Balaban J connectivity index is 3.29. The molecular formula is C16H23NO4S. The van der Waals surface area contributed by atoms with Gasteiger partial charge in [-0.15, -0.1) is 6.58 Å². The number of hydrogen-bond donors (Lipinski definition) is 0. The van der Waals surface area contributed by atoms with Crippen LogP contribution in [0.15, 0.2) is 47.9 Å². The van der Waals surface area contributed by atoms with Crippen LogP contribution in [0.3, 0.4) is 0 Å². The number of nitrogens with zero attached hydrogens (tertiary/aromatic N) is 1. The molecule has 0 radical (unpaired) electrons. The summed E-state index contributed by atoms with van der Waals surface area (Å²) in [4.78, 5) is 12.2. The Morgan fingerprint density at radius 2 is 1.91 bits per heavy atom. The molecule has 0 saturated heterocycles. The number of carbonyl (C=O) groups excluding carboxylic acids is 1. The number of ether oxygens (including phenoxy) is 1. The van der Waals surface area contributed by atoms with E-state index in [0.29, 0.717) is 6.42 Å². The molecule has 0 aliphatic rings. The van der Waals surface area contributed by atoms with Gasteiger partial charge in [0.2, 0.25) is 10.0 Å². The van der Waals surface area contributed by atoms with Gasteiger partial charge in [0.1, 0.15) is 6.04 Å². The summed E-state index contributed by atoms with van der Waals surface area (Å²) in [6.45, 7) is 7.50. The minimum atomic E-state index is -3.80. The van der Waals surface area contributed by atoms with Gasteiger partial charge in [-0.2, -0.15) is 4.31 Å². The molecule has 0 aromatic heterocycles. The molecule has 0 fully saturated rings. The largest absolute Gasteiger partial charge is 0.468 e. The van der Waals surface area contributed by atoms with Crippen LogP contribution in [-0.2, 0) is 19.6 Å². The predicted molar refractivity (Wildman–Crippen MR) is 85.8 cm³/mol. The van der Waals surface area contributed by atoms with E-state index in [2.05, 4.69) is 6.58 Å². The third-order valence-electron chi connectivity index (χ3n) is 3.17. The fraction of sp³-hybridized carbons (Fsp3) is 0.438. The zero-order chi connectivity index (χ0) is 16.8. The molecule has 1 aromatic carbocycles. The number of sulfonamides is 1. The van der Waals surface area contributed by atoms with Crippen LogP contribution in [0.1, 0.15) is 20.3 Å². The topological polar surface area (TPSA) is 63.7 Å². The van der Waals surface area contributed by atoms with Crippen molar-refractivity contribution in [3.63, 3.8) is 0 Å². The first-order valence-electron chi connectivity index (χ1n) is 7.10. The molecule has 0 heterocycles. The van der Waals surface area contributed by atoms with Crippen molar-refractivity contribution in [1.29, 1.82) is 0 Å². The predicted octanol–water partition coefficient (Wildman–Crippen LogP) is 2.45. The smallest absolute Gasteiger partial charge is 0.324 e. The van der Waals surface area contributed by atoms with Crippen molar-refractivity contribution >= 4 is 16.0 Å². The summed E-state index contributed by atoms with van der Waals surface area (Å²) in [5, 5.41) is 0. The van der Waals surface area contributed by atoms with Crippen LogP contribution in [-0.4, -0.2) is 38.4 Å². The van der Waals surface area contributed by atoms with Gasteiger partial charge in [-0.05, 0) is 24.5 Å². The first kappa shape index (κ1) is 18.4. The van der Waals surface area contributed by atoms with Gasteiger partial charge in [0.15, 0.2) is 0 Å². The van der Waals surface area contributed by atoms with Crippen molar-refractivity contribution in [2.45, 2.75) is 31.2 Å². The van der Waals surface area contributed by atoms with Crippen molar-refractivity contribution in [1.82, 2.24) is 4.31 Å². The minimum Gasteiger partial charge on any atom is -0.468 e. The van der Waals surface area contributed by atoms with Crippen LogP contribution < -0.4 is 0 Å². The van der Waals surface area contributed by atoms with E-state index in [1.807, 2.05) is 13.8 Å². The van der Waals surface area contributed by atoms with Crippen LogP contribution >= 0.6 is 0 Å². The molecule has 0 amide bonds. The average Bonchev–Trinajstić information content (AvgIpc) is 2.50. The lowest BCUT2D eigenvalue weighted by Gasteiger charge is -2.29. The normalized spacial score (nSPS) is 13.1. The summed E-state index contributed by atoms with van der Waals surface area (Å²) in [5.41, 5.74) is 0. The molecule has 0 aliphatic carbocycles. The Morgan fingerprint density at radius 3 is 2.36 bits per heavy atom. The molecule has 0 unspecified atom stereocenters. The second-order valence-electron chi connectivity index (χ2n) is 5.34. The van der Waals surface area contributed by atoms with E-state index >= 15 is 0 Å². The number of benzene rings is 1. The highest BCUT2D eigenvalue weighted by atomic mass is 32.2. The van der Waals surface area contributed by atoms with Gasteiger partial charge in [-0.3, -0.25) is 4.79 Å². The summed E-state index contributed by atoms with van der Waals surface area (Å²) in [6.07, 6.45) is 1.85. The standard InChI is InChI=1S/C16H23NO4S/c1-5-11-17(15(12-13(2)3)16(18)21-4)22(19,20)14-9-7-6-8-10-14/h5-10,13,15H,1,11-12H2,2-4H3/t15-/m0/s1. The highest BCUT2D eigenvalue weighted by Gasteiger charge is 2.36. The Morgan fingerprint density at radius 1 is 1.32 bits per heavy atom. The number of esters is 1. The first-order chi connectivity index (χ1) is 10.3. The van der Waals surface area contributed by atoms with Gasteiger partial charge < -0.3 is 4.74 Å². The second kappa shape index (κ2) is 8.10. The van der Waals surface area contributed by atoms with Crippen molar-refractivity contribution in [2.75, 3.05) is 13.7 Å². The Hall–Kier alpha value is -1.66. The Kier molecular flexibility index (Phi) is 6.77. The third-order valence-corrected chi connectivity index (χ3v) is 5.06. The Labute approximate surface area is 132 Å². The summed E-state index contributed by atoms with van der Waals surface area (Å²) in [5.74, 6) is -0.419. The highest BCUT2D eigenvalue weighted by molar-refractivity contribution is 7.89. The van der Waals surface area contributed by atoms with E-state index in [4.69, 9.17) is 4.74 Å². The number of hydrogen-bond acceptors (Lipinski definition) is 4. The summed E-state index contributed by atoms with van der Waals surface area (Å²) >= 11 is 0. The third kappa shape index (κ3) is 4.42. The van der Waals surface area contributed by atoms with Crippen molar-refractivity contribution in [3.8, 4) is 0 Å². The summed E-state index contributed by atoms with van der Waals surface area (Å²) < 4.78 is 31.6. The fourth-order valence-electron chi connectivity index (χ4n) is 2.16. The molecule has 6 heteroatoms. The highest BCUT2D eigenvalue weighted by Crippen LogP contribution is 2.22. The van der Waals surface area contributed by atoms with Gasteiger partial charge in [-0.1, -0.05) is 38.1 Å². The first-order valence-corrected chi connectivity index (χ1v) is 8.54. The molecule has 0 bridgehead atoms. The molecule has 0 aliphatic heterocycles. The van der Waals surface area contributed by atoms with Crippen LogP contribution in [0.25, 0.3) is 0 Å². The van der Waals surface area contributed by atoms with Gasteiger partial charge in [0.25, 0.3) is 0 Å². The lowest BCUT2D eigenvalue weighted by atomic mass is 10.0. The molecule has 1 rings (SSSR count). The second-order valence-corrected chi connectivity index (χ2v) is 7.24. The Bertz CT molecular complexity index is 596. The van der Waals surface area contributed by atoms with Gasteiger partial charge in [0.05, 0.1) is 12.0 Å². The quantitative estimate of drug-likeness (QED) is 0.544. The number of methoxy groups -OCH3 is 1. The van der Waals surface area contributed by atoms with E-state index in [-0.39, 0.29) is 17.4 Å². The van der Waals surface area contributed by atoms with Crippen molar-refractivity contribution in [2.24, 2.45) is 5.92 Å². The van der Waals surface area contributed by atoms with Crippen LogP contribution in [0, 0.1) is 5.92 Å². The maximum absolute atomic E-state index is 12.8. The molecule has 122 valence electrons. The monoisotopic (exact) mass is 325 g/mol. The van der Waals surface area contributed by atoms with E-state index in [1.54, 1.807) is 18.2 Å². The number of rotatable bonds is 8. The molecule has 0 N–H and O–H groups in total. The van der Waals surface area contributed by atoms with Crippen LogP contribution in [0.5, 0.6) is 0 Å². The fourth-order valence-corrected chi connectivity index (χ4v) is 3.74. The lowest BCUT2D eigenvalue weighted by Crippen LogP contribution is -2.46. The summed E-state index contributed by atoms with van der Waals surface area (Å²) in [6, 6.07) is 7.18.